The van der Waals surface area contributed by atoms with Gasteiger partial charge in [-0.2, -0.15) is 0 Å². The second kappa shape index (κ2) is 13.6. The summed E-state index contributed by atoms with van der Waals surface area (Å²) in [5.41, 5.74) is 5.52. The van der Waals surface area contributed by atoms with Gasteiger partial charge in [0.25, 0.3) is 0 Å². The molecule has 206 valence electrons. The number of hydrogen-bond donors (Lipinski definition) is 5. The van der Waals surface area contributed by atoms with Crippen molar-refractivity contribution in [1.82, 2.24) is 0 Å². The van der Waals surface area contributed by atoms with Crippen LogP contribution in [0.3, 0.4) is 0 Å². The summed E-state index contributed by atoms with van der Waals surface area (Å²) in [5, 5.41) is 18.8. The summed E-state index contributed by atoms with van der Waals surface area (Å²) in [6.07, 6.45) is 0. The van der Waals surface area contributed by atoms with Crippen LogP contribution in [0.1, 0.15) is 0 Å². The van der Waals surface area contributed by atoms with Crippen molar-refractivity contribution in [3.63, 3.8) is 0 Å². The molecule has 0 fully saturated rings. The van der Waals surface area contributed by atoms with E-state index in [9.17, 15) is 0 Å². The fraction of sp³-hybridized carbons (Fsp3) is 0.0714. The normalized spacial score (nSPS) is 10.4. The SMILES string of the molecule is CN(C)c1ccc(Nc2ccc(NC(=S)Nc3cc(Cl)cc(Cl)c3)cc2NC(=S)Nc2cc(Cl)cc(Cl)c2)cc1. The topological polar surface area (TPSA) is 63.4 Å². The molecule has 0 aromatic heterocycles. The van der Waals surface area contributed by atoms with Gasteiger partial charge in [-0.15, -0.1) is 0 Å². The highest BCUT2D eigenvalue weighted by molar-refractivity contribution is 7.81. The highest BCUT2D eigenvalue weighted by Gasteiger charge is 2.10. The van der Waals surface area contributed by atoms with Gasteiger partial charge >= 0.3 is 0 Å². The van der Waals surface area contributed by atoms with E-state index in [1.807, 2.05) is 61.5 Å². The summed E-state index contributed by atoms with van der Waals surface area (Å²) < 4.78 is 0. The Morgan fingerprint density at radius 1 is 0.525 bits per heavy atom. The maximum atomic E-state index is 6.14. The first-order chi connectivity index (χ1) is 19.0. The maximum absolute atomic E-state index is 6.14. The fourth-order valence-corrected chi connectivity index (χ4v) is 5.18. The molecule has 0 atom stereocenters. The minimum atomic E-state index is 0.343. The molecule has 4 aromatic carbocycles. The Hall–Kier alpha value is -2.98. The third-order valence-corrected chi connectivity index (χ3v) is 6.71. The molecule has 0 amide bonds. The molecular weight excluding hydrogens is 626 g/mol. The largest absolute Gasteiger partial charge is 0.378 e. The van der Waals surface area contributed by atoms with Gasteiger partial charge < -0.3 is 31.5 Å². The van der Waals surface area contributed by atoms with Crippen molar-refractivity contribution in [2.24, 2.45) is 0 Å². The summed E-state index contributed by atoms with van der Waals surface area (Å²) in [4.78, 5) is 2.04. The van der Waals surface area contributed by atoms with Crippen LogP contribution in [0.2, 0.25) is 20.1 Å². The van der Waals surface area contributed by atoms with Gasteiger partial charge in [0.1, 0.15) is 0 Å². The lowest BCUT2D eigenvalue weighted by Crippen LogP contribution is -2.21. The van der Waals surface area contributed by atoms with E-state index in [1.165, 1.54) is 0 Å². The highest BCUT2D eigenvalue weighted by Crippen LogP contribution is 2.31. The Labute approximate surface area is 264 Å². The summed E-state index contributed by atoms with van der Waals surface area (Å²) in [6, 6.07) is 24.0. The molecule has 5 N–H and O–H groups in total. The van der Waals surface area contributed by atoms with E-state index < -0.39 is 0 Å². The van der Waals surface area contributed by atoms with Crippen LogP contribution in [0.5, 0.6) is 0 Å². The lowest BCUT2D eigenvalue weighted by Gasteiger charge is -2.19. The molecule has 6 nitrogen and oxygen atoms in total. The van der Waals surface area contributed by atoms with Gasteiger partial charge in [0.05, 0.1) is 11.4 Å². The minimum absolute atomic E-state index is 0.343. The van der Waals surface area contributed by atoms with Crippen molar-refractivity contribution in [2.75, 3.05) is 45.6 Å². The van der Waals surface area contributed by atoms with Crippen LogP contribution < -0.4 is 31.5 Å². The molecular formula is C28H24Cl4N6S2. The third-order valence-electron chi connectivity index (χ3n) is 5.43. The van der Waals surface area contributed by atoms with E-state index in [0.717, 1.165) is 22.7 Å². The van der Waals surface area contributed by atoms with Gasteiger partial charge in [0.15, 0.2) is 10.2 Å². The molecule has 40 heavy (non-hydrogen) atoms. The van der Waals surface area contributed by atoms with Crippen LogP contribution in [-0.4, -0.2) is 24.3 Å². The van der Waals surface area contributed by atoms with Crippen LogP contribution in [-0.2, 0) is 0 Å². The first kappa shape index (κ1) is 30.0. The van der Waals surface area contributed by atoms with Crippen LogP contribution in [0.25, 0.3) is 0 Å². The zero-order valence-electron chi connectivity index (χ0n) is 21.3. The van der Waals surface area contributed by atoms with Crippen molar-refractivity contribution in [1.29, 1.82) is 0 Å². The molecule has 0 unspecified atom stereocenters. The monoisotopic (exact) mass is 648 g/mol. The number of anilines is 7. The predicted octanol–water partition coefficient (Wildman–Crippen LogP) is 9.73. The first-order valence-electron chi connectivity index (χ1n) is 11.8. The van der Waals surface area contributed by atoms with E-state index >= 15 is 0 Å². The summed E-state index contributed by atoms with van der Waals surface area (Å²) in [5.74, 6) is 0. The van der Waals surface area contributed by atoms with Crippen LogP contribution in [0, 0.1) is 0 Å². The van der Waals surface area contributed by atoms with Gasteiger partial charge in [-0.3, -0.25) is 0 Å². The number of rotatable bonds is 7. The predicted molar refractivity (Wildman–Crippen MR) is 183 cm³/mol. The van der Waals surface area contributed by atoms with Gasteiger partial charge in [-0.05, 0) is 103 Å². The first-order valence-corrected chi connectivity index (χ1v) is 14.1. The van der Waals surface area contributed by atoms with Gasteiger partial charge in [-0.1, -0.05) is 46.4 Å². The Morgan fingerprint density at radius 2 is 0.975 bits per heavy atom. The average Bonchev–Trinajstić information content (AvgIpc) is 2.84. The molecule has 0 aliphatic carbocycles. The lowest BCUT2D eigenvalue weighted by atomic mass is 10.2. The summed E-state index contributed by atoms with van der Waals surface area (Å²) >= 11 is 35.6. The van der Waals surface area contributed by atoms with Gasteiger partial charge in [-0.25, -0.2) is 0 Å². The average molecular weight is 650 g/mol. The van der Waals surface area contributed by atoms with Crippen molar-refractivity contribution in [2.45, 2.75) is 0 Å². The fourth-order valence-electron chi connectivity index (χ4n) is 3.66. The molecule has 0 saturated heterocycles. The second-order valence-corrected chi connectivity index (χ2v) is 11.4. The minimum Gasteiger partial charge on any atom is -0.378 e. The number of benzene rings is 4. The summed E-state index contributed by atoms with van der Waals surface area (Å²) in [6.45, 7) is 0. The van der Waals surface area contributed by atoms with E-state index in [4.69, 9.17) is 70.8 Å². The van der Waals surface area contributed by atoms with Crippen molar-refractivity contribution in [3.05, 3.63) is 99.0 Å². The molecule has 0 bridgehead atoms. The molecule has 4 rings (SSSR count). The molecule has 0 spiro atoms. The molecule has 4 aromatic rings. The van der Waals surface area contributed by atoms with E-state index in [2.05, 4.69) is 26.6 Å². The molecule has 0 aliphatic rings. The number of thiocarbonyl (C=S) groups is 2. The number of halogens is 4. The zero-order valence-corrected chi connectivity index (χ0v) is 25.9. The van der Waals surface area contributed by atoms with E-state index in [0.29, 0.717) is 47.4 Å². The lowest BCUT2D eigenvalue weighted by molar-refractivity contribution is 1.13. The Balaban J connectivity index is 1.55. The number of nitrogens with zero attached hydrogens (tertiary/aromatic N) is 1. The Kier molecular flexibility index (Phi) is 10.2. The van der Waals surface area contributed by atoms with E-state index in [-0.39, 0.29) is 0 Å². The Bertz CT molecular complexity index is 1510. The molecule has 0 heterocycles. The third kappa shape index (κ3) is 8.76. The van der Waals surface area contributed by atoms with E-state index in [1.54, 1.807) is 36.4 Å². The molecule has 12 heteroatoms. The van der Waals surface area contributed by atoms with Crippen LogP contribution >= 0.6 is 70.8 Å². The molecule has 0 saturated carbocycles. The van der Waals surface area contributed by atoms with Gasteiger partial charge in [0, 0.05) is 62.6 Å². The highest BCUT2D eigenvalue weighted by atomic mass is 35.5. The number of hydrogen-bond acceptors (Lipinski definition) is 4. The summed E-state index contributed by atoms with van der Waals surface area (Å²) in [7, 11) is 4.00. The molecule has 0 radical (unpaired) electrons. The smallest absolute Gasteiger partial charge is 0.175 e. The van der Waals surface area contributed by atoms with Crippen LogP contribution in [0.4, 0.5) is 39.8 Å². The number of nitrogens with one attached hydrogen (secondary N) is 5. The van der Waals surface area contributed by atoms with Crippen LogP contribution in [0.15, 0.2) is 78.9 Å². The quantitative estimate of drug-likeness (QED) is 0.127. The van der Waals surface area contributed by atoms with Crippen molar-refractivity contribution < 1.29 is 0 Å². The van der Waals surface area contributed by atoms with Crippen molar-refractivity contribution >= 4 is 121 Å². The maximum Gasteiger partial charge on any atom is 0.175 e. The van der Waals surface area contributed by atoms with Crippen molar-refractivity contribution in [3.8, 4) is 0 Å². The Morgan fingerprint density at radius 3 is 1.48 bits per heavy atom. The standard InChI is InChI=1S/C28H24Cl4N6S2/c1-38(2)24-6-3-20(4-7-24)33-25-8-5-21(34-27(39)35-22-11-16(29)9-17(30)12-22)15-26(25)37-28(40)36-23-13-18(31)10-19(32)14-23/h3-15,33H,1-2H3,(H2,34,35,39)(H2,36,37,40). The molecule has 0 aliphatic heterocycles. The second-order valence-electron chi connectivity index (χ2n) is 8.80. The van der Waals surface area contributed by atoms with Gasteiger partial charge in [0.2, 0.25) is 0 Å². The zero-order chi connectivity index (χ0) is 28.8.